The average molecular weight is 295 g/mol. The predicted octanol–water partition coefficient (Wildman–Crippen LogP) is 2.91. The standard InChI is InChI=1S/C18H21N3O/c22-18(21-15-10-12-19-13-11-15)16-8-4-5-9-17(16)20-14-6-2-1-3-7-14/h1-9,15,19-20H,10-13H2,(H,21,22). The minimum atomic E-state index is -0.00840. The lowest BCUT2D eigenvalue weighted by atomic mass is 10.1. The highest BCUT2D eigenvalue weighted by atomic mass is 16.1. The van der Waals surface area contributed by atoms with Crippen molar-refractivity contribution in [2.75, 3.05) is 18.4 Å². The lowest BCUT2D eigenvalue weighted by Gasteiger charge is -2.24. The molecule has 0 bridgehead atoms. The number of para-hydroxylation sites is 2. The van der Waals surface area contributed by atoms with Crippen molar-refractivity contribution < 1.29 is 4.79 Å². The number of rotatable bonds is 4. The Labute approximate surface area is 130 Å². The van der Waals surface area contributed by atoms with Crippen LogP contribution in [0, 0.1) is 0 Å². The predicted molar refractivity (Wildman–Crippen MR) is 89.5 cm³/mol. The minimum absolute atomic E-state index is 0.00840. The molecule has 0 aromatic heterocycles. The lowest BCUT2D eigenvalue weighted by molar-refractivity contribution is 0.0930. The molecule has 2 aromatic carbocycles. The van der Waals surface area contributed by atoms with Crippen LogP contribution in [0.4, 0.5) is 11.4 Å². The highest BCUT2D eigenvalue weighted by molar-refractivity contribution is 6.00. The van der Waals surface area contributed by atoms with Gasteiger partial charge in [0.2, 0.25) is 0 Å². The Bertz CT molecular complexity index is 621. The smallest absolute Gasteiger partial charge is 0.253 e. The first-order chi connectivity index (χ1) is 10.8. The van der Waals surface area contributed by atoms with E-state index in [2.05, 4.69) is 16.0 Å². The molecule has 0 aliphatic carbocycles. The Kier molecular flexibility index (Phi) is 4.71. The molecule has 0 atom stereocenters. The third-order valence-electron chi connectivity index (χ3n) is 3.90. The summed E-state index contributed by atoms with van der Waals surface area (Å²) in [6.45, 7) is 1.93. The number of hydrogen-bond donors (Lipinski definition) is 3. The van der Waals surface area contributed by atoms with E-state index < -0.39 is 0 Å². The van der Waals surface area contributed by atoms with Crippen molar-refractivity contribution in [3.63, 3.8) is 0 Å². The van der Waals surface area contributed by atoms with Crippen LogP contribution in [0.5, 0.6) is 0 Å². The van der Waals surface area contributed by atoms with Crippen LogP contribution < -0.4 is 16.0 Å². The Morgan fingerprint density at radius 2 is 1.64 bits per heavy atom. The van der Waals surface area contributed by atoms with Crippen LogP contribution in [0.2, 0.25) is 0 Å². The quantitative estimate of drug-likeness (QED) is 0.813. The van der Waals surface area contributed by atoms with Crippen LogP contribution in [-0.2, 0) is 0 Å². The van der Waals surface area contributed by atoms with Crippen LogP contribution in [0.3, 0.4) is 0 Å². The number of carbonyl (C=O) groups excluding carboxylic acids is 1. The minimum Gasteiger partial charge on any atom is -0.355 e. The zero-order valence-electron chi connectivity index (χ0n) is 12.5. The molecule has 22 heavy (non-hydrogen) atoms. The molecule has 0 saturated carbocycles. The first-order valence-electron chi connectivity index (χ1n) is 7.75. The van der Waals surface area contributed by atoms with Crippen molar-refractivity contribution in [1.29, 1.82) is 0 Å². The van der Waals surface area contributed by atoms with Crippen molar-refractivity contribution in [2.45, 2.75) is 18.9 Å². The SMILES string of the molecule is O=C(NC1CCNCC1)c1ccccc1Nc1ccccc1. The fourth-order valence-corrected chi connectivity index (χ4v) is 2.70. The number of anilines is 2. The lowest BCUT2D eigenvalue weighted by Crippen LogP contribution is -2.42. The number of benzene rings is 2. The summed E-state index contributed by atoms with van der Waals surface area (Å²) >= 11 is 0. The second kappa shape index (κ2) is 7.09. The van der Waals surface area contributed by atoms with Crippen LogP contribution in [-0.4, -0.2) is 25.0 Å². The van der Waals surface area contributed by atoms with Crippen molar-refractivity contribution in [1.82, 2.24) is 10.6 Å². The van der Waals surface area contributed by atoms with Gasteiger partial charge in [0.05, 0.1) is 11.3 Å². The zero-order chi connectivity index (χ0) is 15.2. The highest BCUT2D eigenvalue weighted by Crippen LogP contribution is 2.21. The van der Waals surface area contributed by atoms with E-state index in [-0.39, 0.29) is 11.9 Å². The first-order valence-corrected chi connectivity index (χ1v) is 7.75. The summed E-state index contributed by atoms with van der Waals surface area (Å²) < 4.78 is 0. The molecule has 1 amide bonds. The van der Waals surface area contributed by atoms with Gasteiger partial charge in [0.25, 0.3) is 5.91 Å². The second-order valence-electron chi connectivity index (χ2n) is 5.53. The Morgan fingerprint density at radius 1 is 0.955 bits per heavy atom. The fraction of sp³-hybridized carbons (Fsp3) is 0.278. The second-order valence-corrected chi connectivity index (χ2v) is 5.53. The van der Waals surface area contributed by atoms with E-state index in [4.69, 9.17) is 0 Å². The van der Waals surface area contributed by atoms with Gasteiger partial charge in [0, 0.05) is 11.7 Å². The molecule has 0 radical (unpaired) electrons. The molecule has 3 N–H and O–H groups in total. The molecular weight excluding hydrogens is 274 g/mol. The first kappa shape index (κ1) is 14.6. The van der Waals surface area contributed by atoms with E-state index in [9.17, 15) is 4.79 Å². The molecule has 2 aromatic rings. The van der Waals surface area contributed by atoms with Crippen LogP contribution in [0.1, 0.15) is 23.2 Å². The monoisotopic (exact) mass is 295 g/mol. The van der Waals surface area contributed by atoms with Gasteiger partial charge in [-0.3, -0.25) is 4.79 Å². The van der Waals surface area contributed by atoms with Gasteiger partial charge in [-0.05, 0) is 50.2 Å². The van der Waals surface area contributed by atoms with E-state index in [1.54, 1.807) is 0 Å². The maximum absolute atomic E-state index is 12.6. The maximum atomic E-state index is 12.6. The van der Waals surface area contributed by atoms with Crippen molar-refractivity contribution in [2.24, 2.45) is 0 Å². The van der Waals surface area contributed by atoms with E-state index in [0.29, 0.717) is 5.56 Å². The van der Waals surface area contributed by atoms with Crippen LogP contribution in [0.15, 0.2) is 54.6 Å². The molecule has 1 heterocycles. The topological polar surface area (TPSA) is 53.2 Å². The summed E-state index contributed by atoms with van der Waals surface area (Å²) in [6, 6.07) is 17.8. The summed E-state index contributed by atoms with van der Waals surface area (Å²) in [5, 5.41) is 9.77. The van der Waals surface area contributed by atoms with E-state index in [0.717, 1.165) is 37.3 Å². The zero-order valence-corrected chi connectivity index (χ0v) is 12.5. The van der Waals surface area contributed by atoms with Crippen LogP contribution >= 0.6 is 0 Å². The number of nitrogens with one attached hydrogen (secondary N) is 3. The number of hydrogen-bond acceptors (Lipinski definition) is 3. The van der Waals surface area contributed by atoms with E-state index in [1.165, 1.54) is 0 Å². The summed E-state index contributed by atoms with van der Waals surface area (Å²) in [5.74, 6) is -0.00840. The van der Waals surface area contributed by atoms with Crippen molar-refractivity contribution in [3.05, 3.63) is 60.2 Å². The number of piperidine rings is 1. The number of carbonyl (C=O) groups is 1. The maximum Gasteiger partial charge on any atom is 0.253 e. The summed E-state index contributed by atoms with van der Waals surface area (Å²) in [7, 11) is 0. The molecule has 1 saturated heterocycles. The largest absolute Gasteiger partial charge is 0.355 e. The summed E-state index contributed by atoms with van der Waals surface area (Å²) in [6.07, 6.45) is 1.97. The average Bonchev–Trinajstić information content (AvgIpc) is 2.57. The molecule has 114 valence electrons. The molecule has 4 nitrogen and oxygen atoms in total. The molecule has 1 aliphatic rings. The fourth-order valence-electron chi connectivity index (χ4n) is 2.70. The van der Waals surface area contributed by atoms with Crippen molar-refractivity contribution >= 4 is 17.3 Å². The third kappa shape index (κ3) is 3.65. The van der Waals surface area contributed by atoms with Gasteiger partial charge >= 0.3 is 0 Å². The molecule has 0 spiro atoms. The van der Waals surface area contributed by atoms with Crippen molar-refractivity contribution in [3.8, 4) is 0 Å². The molecule has 1 aliphatic heterocycles. The Balaban J connectivity index is 1.74. The highest BCUT2D eigenvalue weighted by Gasteiger charge is 2.18. The summed E-state index contributed by atoms with van der Waals surface area (Å²) in [5.41, 5.74) is 2.50. The molecule has 4 heteroatoms. The van der Waals surface area contributed by atoms with Gasteiger partial charge in [0.1, 0.15) is 0 Å². The Hall–Kier alpha value is -2.33. The normalized spacial score (nSPS) is 15.3. The Morgan fingerprint density at radius 3 is 2.41 bits per heavy atom. The summed E-state index contributed by atoms with van der Waals surface area (Å²) in [4.78, 5) is 12.6. The van der Waals surface area contributed by atoms with E-state index >= 15 is 0 Å². The van der Waals surface area contributed by atoms with Gasteiger partial charge in [-0.2, -0.15) is 0 Å². The number of amides is 1. The molecule has 0 unspecified atom stereocenters. The van der Waals surface area contributed by atoms with Gasteiger partial charge in [-0.25, -0.2) is 0 Å². The third-order valence-corrected chi connectivity index (χ3v) is 3.90. The van der Waals surface area contributed by atoms with Gasteiger partial charge in [-0.1, -0.05) is 30.3 Å². The van der Waals surface area contributed by atoms with Gasteiger partial charge in [0.15, 0.2) is 0 Å². The molecule has 3 rings (SSSR count). The van der Waals surface area contributed by atoms with Gasteiger partial charge in [-0.15, -0.1) is 0 Å². The molecule has 1 fully saturated rings. The van der Waals surface area contributed by atoms with E-state index in [1.807, 2.05) is 54.6 Å². The van der Waals surface area contributed by atoms with Crippen LogP contribution in [0.25, 0.3) is 0 Å². The van der Waals surface area contributed by atoms with Gasteiger partial charge < -0.3 is 16.0 Å². The molecular formula is C18H21N3O.